The Morgan fingerprint density at radius 2 is 2.00 bits per heavy atom. The second-order valence-corrected chi connectivity index (χ2v) is 8.17. The zero-order valence-electron chi connectivity index (χ0n) is 12.0. The standard InChI is InChI=1S/C14H22N2O3S2/c15-13-3-1-2-4-14(13)20-9-10-21(17,18)16-11-12-5-7-19-8-6-12/h1-4,12,16H,5-11,15H2. The molecule has 0 aromatic heterocycles. The lowest BCUT2D eigenvalue weighted by Crippen LogP contribution is -2.34. The van der Waals surface area contributed by atoms with Gasteiger partial charge < -0.3 is 10.5 Å². The molecule has 0 spiro atoms. The molecule has 0 bridgehead atoms. The fourth-order valence-corrected chi connectivity index (χ4v) is 4.62. The summed E-state index contributed by atoms with van der Waals surface area (Å²) in [7, 11) is -3.22. The molecule has 1 aromatic carbocycles. The van der Waals surface area contributed by atoms with Crippen LogP contribution in [0.25, 0.3) is 0 Å². The van der Waals surface area contributed by atoms with Gasteiger partial charge in [-0.2, -0.15) is 0 Å². The molecule has 118 valence electrons. The van der Waals surface area contributed by atoms with Crippen LogP contribution in [-0.2, 0) is 14.8 Å². The molecule has 0 radical (unpaired) electrons. The number of rotatable bonds is 7. The van der Waals surface area contributed by atoms with Gasteiger partial charge in [0.15, 0.2) is 0 Å². The third-order valence-corrected chi connectivity index (χ3v) is 6.16. The molecule has 1 aliphatic rings. The lowest BCUT2D eigenvalue weighted by Gasteiger charge is -2.22. The zero-order chi connectivity index (χ0) is 15.1. The van der Waals surface area contributed by atoms with Crippen LogP contribution in [0.5, 0.6) is 0 Å². The van der Waals surface area contributed by atoms with Crippen LogP contribution in [0.2, 0.25) is 0 Å². The summed E-state index contributed by atoms with van der Waals surface area (Å²) in [5.41, 5.74) is 6.52. The summed E-state index contributed by atoms with van der Waals surface area (Å²) in [6.45, 7) is 1.98. The summed E-state index contributed by atoms with van der Waals surface area (Å²) in [4.78, 5) is 0.928. The van der Waals surface area contributed by atoms with Crippen LogP contribution in [0.1, 0.15) is 12.8 Å². The minimum Gasteiger partial charge on any atom is -0.398 e. The van der Waals surface area contributed by atoms with Crippen molar-refractivity contribution >= 4 is 27.5 Å². The zero-order valence-corrected chi connectivity index (χ0v) is 13.6. The molecule has 7 heteroatoms. The normalized spacial score (nSPS) is 17.0. The van der Waals surface area contributed by atoms with Crippen molar-refractivity contribution < 1.29 is 13.2 Å². The number of ether oxygens (including phenoxy) is 1. The molecule has 0 amide bonds. The summed E-state index contributed by atoms with van der Waals surface area (Å²) in [5.74, 6) is 0.998. The number of thioether (sulfide) groups is 1. The fraction of sp³-hybridized carbons (Fsp3) is 0.571. The predicted octanol–water partition coefficient (Wildman–Crippen LogP) is 1.71. The number of benzene rings is 1. The first-order valence-corrected chi connectivity index (χ1v) is 9.73. The van der Waals surface area contributed by atoms with Crippen LogP contribution in [0.15, 0.2) is 29.2 Å². The van der Waals surface area contributed by atoms with E-state index in [4.69, 9.17) is 10.5 Å². The second-order valence-electron chi connectivity index (χ2n) is 5.11. The van der Waals surface area contributed by atoms with E-state index < -0.39 is 10.0 Å². The third-order valence-electron chi connectivity index (χ3n) is 3.46. The Morgan fingerprint density at radius 1 is 1.29 bits per heavy atom. The van der Waals surface area contributed by atoms with E-state index in [1.807, 2.05) is 24.3 Å². The van der Waals surface area contributed by atoms with Gasteiger partial charge in [0.1, 0.15) is 0 Å². The quantitative estimate of drug-likeness (QED) is 0.587. The molecule has 5 nitrogen and oxygen atoms in total. The Kier molecular flexibility index (Phi) is 6.35. The highest BCUT2D eigenvalue weighted by molar-refractivity contribution is 8.00. The van der Waals surface area contributed by atoms with Gasteiger partial charge in [0.05, 0.1) is 5.75 Å². The molecule has 2 rings (SSSR count). The molecule has 1 saturated heterocycles. The topological polar surface area (TPSA) is 81.4 Å². The highest BCUT2D eigenvalue weighted by Crippen LogP contribution is 2.24. The average Bonchev–Trinajstić information content (AvgIpc) is 2.48. The summed E-state index contributed by atoms with van der Waals surface area (Å²) >= 11 is 1.47. The summed E-state index contributed by atoms with van der Waals surface area (Å²) in [5, 5.41) is 0. The first-order chi connectivity index (χ1) is 10.1. The first kappa shape index (κ1) is 16.6. The lowest BCUT2D eigenvalue weighted by atomic mass is 10.0. The molecule has 1 aliphatic heterocycles. The Morgan fingerprint density at radius 3 is 2.71 bits per heavy atom. The van der Waals surface area contributed by atoms with Gasteiger partial charge in [-0.15, -0.1) is 11.8 Å². The minimum atomic E-state index is -3.22. The maximum Gasteiger partial charge on any atom is 0.212 e. The molecule has 21 heavy (non-hydrogen) atoms. The molecule has 1 fully saturated rings. The van der Waals surface area contributed by atoms with Crippen molar-refractivity contribution in [2.45, 2.75) is 17.7 Å². The predicted molar refractivity (Wildman–Crippen MR) is 86.9 cm³/mol. The molecule has 0 unspecified atom stereocenters. The van der Waals surface area contributed by atoms with E-state index >= 15 is 0 Å². The minimum absolute atomic E-state index is 0.106. The number of anilines is 1. The van der Waals surface area contributed by atoms with E-state index in [-0.39, 0.29) is 5.75 Å². The Labute approximate surface area is 130 Å². The van der Waals surface area contributed by atoms with Gasteiger partial charge in [-0.25, -0.2) is 13.1 Å². The van der Waals surface area contributed by atoms with Gasteiger partial charge >= 0.3 is 0 Å². The number of sulfonamides is 1. The third kappa shape index (κ3) is 5.86. The number of nitrogen functional groups attached to an aromatic ring is 1. The molecule has 0 saturated carbocycles. The summed E-state index contributed by atoms with van der Waals surface area (Å²) in [6.07, 6.45) is 1.86. The molecule has 1 aromatic rings. The van der Waals surface area contributed by atoms with Crippen molar-refractivity contribution in [2.24, 2.45) is 5.92 Å². The summed E-state index contributed by atoms with van der Waals surface area (Å²) < 4.78 is 31.9. The highest BCUT2D eigenvalue weighted by Gasteiger charge is 2.17. The maximum atomic E-state index is 12.0. The van der Waals surface area contributed by atoms with Crippen molar-refractivity contribution in [3.05, 3.63) is 24.3 Å². The van der Waals surface area contributed by atoms with E-state index in [1.165, 1.54) is 11.8 Å². The van der Waals surface area contributed by atoms with Crippen LogP contribution in [0, 0.1) is 5.92 Å². The van der Waals surface area contributed by atoms with E-state index in [0.717, 1.165) is 31.0 Å². The van der Waals surface area contributed by atoms with E-state index in [2.05, 4.69) is 4.72 Å². The van der Waals surface area contributed by atoms with Crippen LogP contribution < -0.4 is 10.5 Å². The van der Waals surface area contributed by atoms with Gasteiger partial charge in [0, 0.05) is 36.1 Å². The maximum absolute atomic E-state index is 12.0. The number of hydrogen-bond donors (Lipinski definition) is 2. The molecule has 0 atom stereocenters. The van der Waals surface area contributed by atoms with Crippen LogP contribution >= 0.6 is 11.8 Å². The molecule has 0 aliphatic carbocycles. The highest BCUT2D eigenvalue weighted by atomic mass is 32.2. The first-order valence-electron chi connectivity index (χ1n) is 7.09. The average molecular weight is 330 g/mol. The Hall–Kier alpha value is -0.760. The van der Waals surface area contributed by atoms with Crippen molar-refractivity contribution in [1.82, 2.24) is 4.72 Å². The van der Waals surface area contributed by atoms with Gasteiger partial charge in [0.2, 0.25) is 10.0 Å². The largest absolute Gasteiger partial charge is 0.398 e. The van der Waals surface area contributed by atoms with Gasteiger partial charge in [-0.05, 0) is 30.9 Å². The van der Waals surface area contributed by atoms with Gasteiger partial charge in [0.25, 0.3) is 0 Å². The Bertz CT molecular complexity index is 543. The van der Waals surface area contributed by atoms with Crippen molar-refractivity contribution in [3.8, 4) is 0 Å². The monoisotopic (exact) mass is 330 g/mol. The van der Waals surface area contributed by atoms with Gasteiger partial charge in [-0.1, -0.05) is 12.1 Å². The number of nitrogens with one attached hydrogen (secondary N) is 1. The number of nitrogens with two attached hydrogens (primary N) is 1. The summed E-state index contributed by atoms with van der Waals surface area (Å²) in [6, 6.07) is 7.49. The fourth-order valence-electron chi connectivity index (χ4n) is 2.14. The number of para-hydroxylation sites is 1. The molecular weight excluding hydrogens is 308 g/mol. The molecular formula is C14H22N2O3S2. The molecule has 1 heterocycles. The second kappa shape index (κ2) is 8.03. The van der Waals surface area contributed by atoms with Crippen LogP contribution in [-0.4, -0.2) is 39.7 Å². The van der Waals surface area contributed by atoms with Crippen LogP contribution in [0.4, 0.5) is 5.69 Å². The van der Waals surface area contributed by atoms with Crippen molar-refractivity contribution in [2.75, 3.05) is 37.0 Å². The van der Waals surface area contributed by atoms with Gasteiger partial charge in [-0.3, -0.25) is 0 Å². The number of hydrogen-bond acceptors (Lipinski definition) is 5. The molecule has 3 N–H and O–H groups in total. The smallest absolute Gasteiger partial charge is 0.212 e. The van der Waals surface area contributed by atoms with E-state index in [1.54, 1.807) is 0 Å². The Balaban J connectivity index is 1.72. The SMILES string of the molecule is Nc1ccccc1SCCS(=O)(=O)NCC1CCOCC1. The van der Waals surface area contributed by atoms with E-state index in [9.17, 15) is 8.42 Å². The van der Waals surface area contributed by atoms with E-state index in [0.29, 0.717) is 23.9 Å². The lowest BCUT2D eigenvalue weighted by molar-refractivity contribution is 0.0678. The van der Waals surface area contributed by atoms with Crippen molar-refractivity contribution in [1.29, 1.82) is 0 Å². The van der Waals surface area contributed by atoms with Crippen LogP contribution in [0.3, 0.4) is 0 Å². The van der Waals surface area contributed by atoms with Crippen molar-refractivity contribution in [3.63, 3.8) is 0 Å².